The lowest BCUT2D eigenvalue weighted by atomic mass is 10.0. The summed E-state index contributed by atoms with van der Waals surface area (Å²) in [5.74, 6) is 0.401. The van der Waals surface area contributed by atoms with E-state index in [9.17, 15) is 4.79 Å². The number of halogens is 1. The van der Waals surface area contributed by atoms with Crippen LogP contribution in [0.4, 0.5) is 5.82 Å². The molecule has 88 valence electrons. The van der Waals surface area contributed by atoms with Gasteiger partial charge < -0.3 is 10.7 Å². The van der Waals surface area contributed by atoms with E-state index in [1.54, 1.807) is 19.2 Å². The summed E-state index contributed by atoms with van der Waals surface area (Å²) in [5, 5.41) is 0.649. The Morgan fingerprint density at radius 2 is 1.88 bits per heavy atom. The lowest BCUT2D eigenvalue weighted by Crippen LogP contribution is -2.13. The second kappa shape index (κ2) is 4.26. The molecule has 3 nitrogen and oxygen atoms in total. The molecule has 0 saturated carbocycles. The molecule has 0 unspecified atom stereocenters. The standard InChI is InChI=1S/C13H13ClN2O/c1-7-9(4-3-5-11(7)14)10-6-16-13(15)8(2)12(10)17/h3-6H,1-2H3,(H3,15,16,17). The quantitative estimate of drug-likeness (QED) is 0.815. The molecule has 0 radical (unpaired) electrons. The normalized spacial score (nSPS) is 10.5. The van der Waals surface area contributed by atoms with Crippen molar-refractivity contribution in [2.24, 2.45) is 0 Å². The van der Waals surface area contributed by atoms with Gasteiger partial charge >= 0.3 is 0 Å². The average Bonchev–Trinajstić information content (AvgIpc) is 2.31. The topological polar surface area (TPSA) is 58.9 Å². The molecule has 0 fully saturated rings. The Bertz CT molecular complexity index is 632. The van der Waals surface area contributed by atoms with Crippen LogP contribution in [-0.2, 0) is 0 Å². The van der Waals surface area contributed by atoms with Crippen molar-refractivity contribution in [3.63, 3.8) is 0 Å². The van der Waals surface area contributed by atoms with Crippen molar-refractivity contribution < 1.29 is 0 Å². The summed E-state index contributed by atoms with van der Waals surface area (Å²) < 4.78 is 0. The zero-order chi connectivity index (χ0) is 12.6. The van der Waals surface area contributed by atoms with Crippen LogP contribution in [0.25, 0.3) is 11.1 Å². The minimum atomic E-state index is -0.0633. The van der Waals surface area contributed by atoms with Crippen molar-refractivity contribution in [1.82, 2.24) is 4.98 Å². The summed E-state index contributed by atoms with van der Waals surface area (Å²) in [6, 6.07) is 5.51. The van der Waals surface area contributed by atoms with Gasteiger partial charge in [-0.2, -0.15) is 0 Å². The van der Waals surface area contributed by atoms with Crippen LogP contribution in [-0.4, -0.2) is 4.98 Å². The Hall–Kier alpha value is -1.74. The molecule has 17 heavy (non-hydrogen) atoms. The molecule has 4 heteroatoms. The molecular formula is C13H13ClN2O. The van der Waals surface area contributed by atoms with Gasteiger partial charge in [0.25, 0.3) is 0 Å². The predicted octanol–water partition coefficient (Wildman–Crippen LogP) is 2.89. The van der Waals surface area contributed by atoms with E-state index < -0.39 is 0 Å². The van der Waals surface area contributed by atoms with Crippen molar-refractivity contribution in [3.05, 3.63) is 50.8 Å². The van der Waals surface area contributed by atoms with Gasteiger partial charge in [0.2, 0.25) is 0 Å². The number of hydrogen-bond acceptors (Lipinski definition) is 2. The summed E-state index contributed by atoms with van der Waals surface area (Å²) in [4.78, 5) is 15.0. The lowest BCUT2D eigenvalue weighted by molar-refractivity contribution is 1.24. The van der Waals surface area contributed by atoms with E-state index in [-0.39, 0.29) is 5.43 Å². The van der Waals surface area contributed by atoms with Gasteiger partial charge in [-0.25, -0.2) is 0 Å². The molecule has 1 aromatic heterocycles. The number of aromatic nitrogens is 1. The third kappa shape index (κ3) is 1.94. The van der Waals surface area contributed by atoms with Crippen molar-refractivity contribution >= 4 is 17.4 Å². The van der Waals surface area contributed by atoms with Gasteiger partial charge in [-0.3, -0.25) is 4.79 Å². The van der Waals surface area contributed by atoms with Crippen LogP contribution in [0.3, 0.4) is 0 Å². The van der Waals surface area contributed by atoms with Gasteiger partial charge in [0.1, 0.15) is 5.82 Å². The largest absolute Gasteiger partial charge is 0.385 e. The second-order valence-corrected chi connectivity index (χ2v) is 4.39. The highest BCUT2D eigenvalue weighted by atomic mass is 35.5. The Morgan fingerprint density at radius 3 is 2.59 bits per heavy atom. The highest BCUT2D eigenvalue weighted by Gasteiger charge is 2.11. The number of anilines is 1. The molecule has 0 spiro atoms. The summed E-state index contributed by atoms with van der Waals surface area (Å²) >= 11 is 6.05. The summed E-state index contributed by atoms with van der Waals surface area (Å²) in [7, 11) is 0. The first-order chi connectivity index (χ1) is 8.02. The van der Waals surface area contributed by atoms with Gasteiger partial charge in [0.05, 0.1) is 0 Å². The van der Waals surface area contributed by atoms with Crippen LogP contribution in [0.15, 0.2) is 29.2 Å². The SMILES string of the molecule is Cc1c(Cl)cccc1-c1c[nH]c(N)c(C)c1=O. The first-order valence-corrected chi connectivity index (χ1v) is 5.63. The van der Waals surface area contributed by atoms with Gasteiger partial charge in [-0.15, -0.1) is 0 Å². The second-order valence-electron chi connectivity index (χ2n) is 3.98. The van der Waals surface area contributed by atoms with E-state index in [1.807, 2.05) is 19.1 Å². The molecular weight excluding hydrogens is 236 g/mol. The van der Waals surface area contributed by atoms with Crippen LogP contribution in [0.1, 0.15) is 11.1 Å². The van der Waals surface area contributed by atoms with Crippen LogP contribution in [0, 0.1) is 13.8 Å². The van der Waals surface area contributed by atoms with E-state index in [0.29, 0.717) is 22.0 Å². The molecule has 2 aromatic rings. The van der Waals surface area contributed by atoms with Crippen molar-refractivity contribution in [3.8, 4) is 11.1 Å². The van der Waals surface area contributed by atoms with Crippen LogP contribution in [0.5, 0.6) is 0 Å². The van der Waals surface area contributed by atoms with Crippen molar-refractivity contribution in [2.75, 3.05) is 5.73 Å². The number of benzene rings is 1. The maximum Gasteiger partial charge on any atom is 0.194 e. The number of nitrogens with one attached hydrogen (secondary N) is 1. The van der Waals surface area contributed by atoms with Crippen LogP contribution in [0.2, 0.25) is 5.02 Å². The number of hydrogen-bond donors (Lipinski definition) is 2. The fraction of sp³-hybridized carbons (Fsp3) is 0.154. The fourth-order valence-electron chi connectivity index (χ4n) is 1.75. The van der Waals surface area contributed by atoms with E-state index in [4.69, 9.17) is 17.3 Å². The zero-order valence-corrected chi connectivity index (χ0v) is 10.4. The van der Waals surface area contributed by atoms with Gasteiger partial charge in [0, 0.05) is 22.3 Å². The number of H-pyrrole nitrogens is 1. The monoisotopic (exact) mass is 248 g/mol. The molecule has 1 aromatic carbocycles. The first-order valence-electron chi connectivity index (χ1n) is 5.25. The Morgan fingerprint density at radius 1 is 1.18 bits per heavy atom. The van der Waals surface area contributed by atoms with Crippen molar-refractivity contribution in [1.29, 1.82) is 0 Å². The molecule has 0 aliphatic heterocycles. The first kappa shape index (κ1) is 11.7. The van der Waals surface area contributed by atoms with E-state index in [2.05, 4.69) is 4.98 Å². The van der Waals surface area contributed by atoms with E-state index >= 15 is 0 Å². The Labute approximate surface area is 104 Å². The molecule has 0 aliphatic rings. The molecule has 0 saturated heterocycles. The summed E-state index contributed by atoms with van der Waals surface area (Å²) in [6.07, 6.45) is 1.63. The maximum atomic E-state index is 12.1. The molecule has 0 atom stereocenters. The molecule has 0 amide bonds. The predicted molar refractivity (Wildman–Crippen MR) is 71.4 cm³/mol. The third-order valence-electron chi connectivity index (χ3n) is 2.92. The van der Waals surface area contributed by atoms with Crippen molar-refractivity contribution in [2.45, 2.75) is 13.8 Å². The molecule has 2 rings (SSSR count). The number of rotatable bonds is 1. The highest BCUT2D eigenvalue weighted by Crippen LogP contribution is 2.26. The lowest BCUT2D eigenvalue weighted by Gasteiger charge is -2.08. The summed E-state index contributed by atoms with van der Waals surface area (Å²) in [6.45, 7) is 3.60. The number of aromatic amines is 1. The molecule has 0 aliphatic carbocycles. The number of nitrogens with two attached hydrogens (primary N) is 1. The van der Waals surface area contributed by atoms with E-state index in [1.165, 1.54) is 0 Å². The smallest absolute Gasteiger partial charge is 0.194 e. The minimum Gasteiger partial charge on any atom is -0.385 e. The zero-order valence-electron chi connectivity index (χ0n) is 9.67. The molecule has 0 bridgehead atoms. The molecule has 3 N–H and O–H groups in total. The fourth-order valence-corrected chi connectivity index (χ4v) is 1.92. The van der Waals surface area contributed by atoms with Gasteiger partial charge in [-0.1, -0.05) is 23.7 Å². The number of pyridine rings is 1. The highest BCUT2D eigenvalue weighted by molar-refractivity contribution is 6.31. The number of nitrogen functional groups attached to an aromatic ring is 1. The van der Waals surface area contributed by atoms with Gasteiger partial charge in [-0.05, 0) is 31.0 Å². The Kier molecular flexibility index (Phi) is 2.94. The third-order valence-corrected chi connectivity index (χ3v) is 3.33. The summed E-state index contributed by atoms with van der Waals surface area (Å²) in [5.41, 5.74) is 8.44. The maximum absolute atomic E-state index is 12.1. The van der Waals surface area contributed by atoms with Crippen LogP contribution >= 0.6 is 11.6 Å². The van der Waals surface area contributed by atoms with Gasteiger partial charge in [0.15, 0.2) is 5.43 Å². The Balaban J connectivity index is 2.74. The average molecular weight is 249 g/mol. The van der Waals surface area contributed by atoms with Crippen LogP contribution < -0.4 is 11.2 Å². The van der Waals surface area contributed by atoms with E-state index in [0.717, 1.165) is 11.1 Å². The minimum absolute atomic E-state index is 0.0633. The molecule has 1 heterocycles.